The van der Waals surface area contributed by atoms with Crippen LogP contribution in [-0.4, -0.2) is 15.6 Å². The van der Waals surface area contributed by atoms with E-state index in [1.807, 2.05) is 30.3 Å². The molecular weight excluding hydrogens is 309 g/mol. The lowest BCUT2D eigenvalue weighted by Crippen LogP contribution is -2.14. The lowest BCUT2D eigenvalue weighted by molar-refractivity contribution is 0.155. The maximum absolute atomic E-state index is 14.3. The van der Waals surface area contributed by atoms with E-state index in [1.54, 1.807) is 36.0 Å². The number of rotatable bonds is 4. The SMILES string of the molecule is Cc1nccn1-c1ccc(NC(=O)OCc2ccccc2)cc1F. The van der Waals surface area contributed by atoms with Crippen LogP contribution in [0.4, 0.5) is 14.9 Å². The van der Waals surface area contributed by atoms with Gasteiger partial charge in [-0.3, -0.25) is 5.32 Å². The van der Waals surface area contributed by atoms with Crippen LogP contribution in [0.1, 0.15) is 11.4 Å². The number of amides is 1. The summed E-state index contributed by atoms with van der Waals surface area (Å²) in [6.45, 7) is 1.94. The van der Waals surface area contributed by atoms with Gasteiger partial charge < -0.3 is 9.30 Å². The Balaban J connectivity index is 1.64. The van der Waals surface area contributed by atoms with Crippen LogP contribution in [0.2, 0.25) is 0 Å². The van der Waals surface area contributed by atoms with E-state index in [9.17, 15) is 9.18 Å². The lowest BCUT2D eigenvalue weighted by Gasteiger charge is -2.10. The van der Waals surface area contributed by atoms with Crippen molar-refractivity contribution in [2.75, 3.05) is 5.32 Å². The number of nitrogens with one attached hydrogen (secondary N) is 1. The van der Waals surface area contributed by atoms with E-state index in [0.29, 0.717) is 17.2 Å². The van der Waals surface area contributed by atoms with E-state index in [4.69, 9.17) is 4.74 Å². The molecule has 6 heteroatoms. The highest BCUT2D eigenvalue weighted by molar-refractivity contribution is 5.84. The van der Waals surface area contributed by atoms with Gasteiger partial charge in [0.1, 0.15) is 18.2 Å². The van der Waals surface area contributed by atoms with E-state index in [-0.39, 0.29) is 6.61 Å². The predicted octanol–water partition coefficient (Wildman–Crippen LogP) is 4.07. The summed E-state index contributed by atoms with van der Waals surface area (Å²) in [5, 5.41) is 2.51. The number of imidazole rings is 1. The highest BCUT2D eigenvalue weighted by Crippen LogP contribution is 2.19. The quantitative estimate of drug-likeness (QED) is 0.787. The van der Waals surface area contributed by atoms with Crippen molar-refractivity contribution in [2.45, 2.75) is 13.5 Å². The Morgan fingerprint density at radius 1 is 1.25 bits per heavy atom. The van der Waals surface area contributed by atoms with Crippen LogP contribution in [-0.2, 0) is 11.3 Å². The number of anilines is 1. The predicted molar refractivity (Wildman–Crippen MR) is 88.5 cm³/mol. The van der Waals surface area contributed by atoms with E-state index in [2.05, 4.69) is 10.3 Å². The van der Waals surface area contributed by atoms with E-state index in [0.717, 1.165) is 5.56 Å². The molecule has 3 aromatic rings. The number of aryl methyl sites for hydroxylation is 1. The van der Waals surface area contributed by atoms with Gasteiger partial charge in [0.25, 0.3) is 0 Å². The Labute approximate surface area is 138 Å². The van der Waals surface area contributed by atoms with Crippen LogP contribution < -0.4 is 5.32 Å². The molecule has 3 rings (SSSR count). The fourth-order valence-electron chi connectivity index (χ4n) is 2.29. The van der Waals surface area contributed by atoms with Crippen molar-refractivity contribution in [2.24, 2.45) is 0 Å². The Morgan fingerprint density at radius 3 is 2.71 bits per heavy atom. The third-order valence-corrected chi connectivity index (χ3v) is 3.49. The third-order valence-electron chi connectivity index (χ3n) is 3.49. The van der Waals surface area contributed by atoms with E-state index in [1.165, 1.54) is 6.07 Å². The first kappa shape index (κ1) is 15.7. The first-order valence-corrected chi connectivity index (χ1v) is 7.41. The molecule has 1 heterocycles. The smallest absolute Gasteiger partial charge is 0.411 e. The number of carbonyl (C=O) groups excluding carboxylic acids is 1. The summed E-state index contributed by atoms with van der Waals surface area (Å²) >= 11 is 0. The first-order valence-electron chi connectivity index (χ1n) is 7.41. The van der Waals surface area contributed by atoms with Crippen LogP contribution in [0.25, 0.3) is 5.69 Å². The molecule has 24 heavy (non-hydrogen) atoms. The lowest BCUT2D eigenvalue weighted by atomic mass is 10.2. The van der Waals surface area contributed by atoms with Gasteiger partial charge in [-0.1, -0.05) is 30.3 Å². The summed E-state index contributed by atoms with van der Waals surface area (Å²) in [6, 6.07) is 13.8. The minimum absolute atomic E-state index is 0.154. The van der Waals surface area contributed by atoms with E-state index < -0.39 is 11.9 Å². The van der Waals surface area contributed by atoms with Crippen LogP contribution in [0.15, 0.2) is 60.9 Å². The highest BCUT2D eigenvalue weighted by atomic mass is 19.1. The summed E-state index contributed by atoms with van der Waals surface area (Å²) in [4.78, 5) is 15.9. The second kappa shape index (κ2) is 6.95. The van der Waals surface area contributed by atoms with E-state index >= 15 is 0 Å². The fraction of sp³-hybridized carbons (Fsp3) is 0.111. The molecule has 0 unspecified atom stereocenters. The van der Waals surface area contributed by atoms with Crippen molar-refractivity contribution in [3.63, 3.8) is 0 Å². The minimum Gasteiger partial charge on any atom is -0.444 e. The summed E-state index contributed by atoms with van der Waals surface area (Å²) < 4.78 is 21.0. The molecule has 0 spiro atoms. The number of nitrogens with zero attached hydrogens (tertiary/aromatic N) is 2. The molecule has 0 atom stereocenters. The summed E-state index contributed by atoms with van der Waals surface area (Å²) in [5.74, 6) is 0.217. The molecule has 0 saturated heterocycles. The molecule has 1 amide bonds. The van der Waals surface area contributed by atoms with Crippen LogP contribution in [0, 0.1) is 12.7 Å². The van der Waals surface area contributed by atoms with Gasteiger partial charge in [-0.05, 0) is 30.7 Å². The number of carbonyl (C=O) groups is 1. The minimum atomic E-state index is -0.634. The van der Waals surface area contributed by atoms with Gasteiger partial charge in [-0.25, -0.2) is 14.2 Å². The molecular formula is C18H16FN3O2. The maximum atomic E-state index is 14.3. The van der Waals surface area contributed by atoms with Crippen molar-refractivity contribution >= 4 is 11.8 Å². The standard InChI is InChI=1S/C18H16FN3O2/c1-13-20-9-10-22(13)17-8-7-15(11-16(17)19)21-18(23)24-12-14-5-3-2-4-6-14/h2-11H,12H2,1H3,(H,21,23). The molecule has 0 bridgehead atoms. The molecule has 0 aliphatic rings. The monoisotopic (exact) mass is 325 g/mol. The molecule has 0 aliphatic carbocycles. The molecule has 1 aromatic heterocycles. The molecule has 2 aromatic carbocycles. The highest BCUT2D eigenvalue weighted by Gasteiger charge is 2.10. The zero-order valence-corrected chi connectivity index (χ0v) is 13.1. The van der Waals surface area contributed by atoms with Gasteiger partial charge in [0.2, 0.25) is 0 Å². The number of ether oxygens (including phenoxy) is 1. The zero-order valence-electron chi connectivity index (χ0n) is 13.1. The van der Waals surface area contributed by atoms with Gasteiger partial charge in [-0.15, -0.1) is 0 Å². The molecule has 5 nitrogen and oxygen atoms in total. The molecule has 0 saturated carbocycles. The van der Waals surface area contributed by atoms with Gasteiger partial charge in [0.15, 0.2) is 0 Å². The molecule has 1 N–H and O–H groups in total. The van der Waals surface area contributed by atoms with Gasteiger partial charge in [0.05, 0.1) is 5.69 Å². The van der Waals surface area contributed by atoms with Gasteiger partial charge in [0, 0.05) is 18.1 Å². The first-order chi connectivity index (χ1) is 11.6. The Morgan fingerprint density at radius 2 is 2.04 bits per heavy atom. The van der Waals surface area contributed by atoms with Crippen LogP contribution in [0.3, 0.4) is 0 Å². The average Bonchev–Trinajstić information content (AvgIpc) is 3.00. The summed E-state index contributed by atoms with van der Waals surface area (Å²) in [5.41, 5.74) is 1.57. The molecule has 0 fully saturated rings. The Bertz CT molecular complexity index is 846. The summed E-state index contributed by atoms with van der Waals surface area (Å²) in [7, 11) is 0. The van der Waals surface area contributed by atoms with Gasteiger partial charge >= 0.3 is 6.09 Å². The maximum Gasteiger partial charge on any atom is 0.411 e. The van der Waals surface area contributed by atoms with Crippen molar-refractivity contribution in [1.29, 1.82) is 0 Å². The van der Waals surface area contributed by atoms with Crippen molar-refractivity contribution in [3.8, 4) is 5.69 Å². The molecule has 0 aliphatic heterocycles. The number of benzene rings is 2. The number of aromatic nitrogens is 2. The van der Waals surface area contributed by atoms with Crippen molar-refractivity contribution in [3.05, 3.63) is 78.1 Å². The zero-order chi connectivity index (χ0) is 16.9. The third kappa shape index (κ3) is 3.60. The topological polar surface area (TPSA) is 56.2 Å². The average molecular weight is 325 g/mol. The molecule has 0 radical (unpaired) electrons. The largest absolute Gasteiger partial charge is 0.444 e. The normalized spacial score (nSPS) is 10.4. The fourth-order valence-corrected chi connectivity index (χ4v) is 2.29. The second-order valence-electron chi connectivity index (χ2n) is 5.20. The number of halogens is 1. The Kier molecular flexibility index (Phi) is 4.56. The summed E-state index contributed by atoms with van der Waals surface area (Å²) in [6.07, 6.45) is 2.64. The number of hydrogen-bond donors (Lipinski definition) is 1. The van der Waals surface area contributed by atoms with Crippen molar-refractivity contribution in [1.82, 2.24) is 9.55 Å². The van der Waals surface area contributed by atoms with Crippen molar-refractivity contribution < 1.29 is 13.9 Å². The van der Waals surface area contributed by atoms with Crippen LogP contribution in [0.5, 0.6) is 0 Å². The molecule has 122 valence electrons. The Hall–Kier alpha value is -3.15. The van der Waals surface area contributed by atoms with Gasteiger partial charge in [-0.2, -0.15) is 0 Å². The second-order valence-corrected chi connectivity index (χ2v) is 5.20. The number of hydrogen-bond acceptors (Lipinski definition) is 3. The van der Waals surface area contributed by atoms with Crippen LogP contribution >= 0.6 is 0 Å².